The predicted octanol–water partition coefficient (Wildman–Crippen LogP) is 4.99. The minimum Gasteiger partial charge on any atom is -0.367 e. The zero-order chi connectivity index (χ0) is 15.0. The van der Waals surface area contributed by atoms with E-state index >= 15 is 0 Å². The van der Waals surface area contributed by atoms with Gasteiger partial charge in [-0.2, -0.15) is 0 Å². The number of benzene rings is 2. The molecular formula is C15H9ClFIN2O. The highest BCUT2D eigenvalue weighted by Gasteiger charge is 2.21. The maximum Gasteiger partial charge on any atom is 0.230 e. The summed E-state index contributed by atoms with van der Waals surface area (Å²) in [5.41, 5.74) is 8.52. The number of rotatable bonds is 2. The fourth-order valence-corrected chi connectivity index (χ4v) is 3.00. The Morgan fingerprint density at radius 2 is 1.90 bits per heavy atom. The molecule has 0 atom stereocenters. The van der Waals surface area contributed by atoms with E-state index in [-0.39, 0.29) is 10.9 Å². The third-order valence-electron chi connectivity index (χ3n) is 3.05. The first-order valence-electron chi connectivity index (χ1n) is 6.03. The highest BCUT2D eigenvalue weighted by Crippen LogP contribution is 2.40. The average molecular weight is 415 g/mol. The summed E-state index contributed by atoms with van der Waals surface area (Å²) in [5.74, 6) is -0.257. The van der Waals surface area contributed by atoms with E-state index in [1.54, 1.807) is 6.07 Å². The number of aromatic nitrogens is 1. The second-order valence-corrected chi connectivity index (χ2v) is 5.94. The summed E-state index contributed by atoms with van der Waals surface area (Å²) in [4.78, 5) is 0. The van der Waals surface area contributed by atoms with E-state index in [1.165, 1.54) is 12.1 Å². The normalized spacial score (nSPS) is 10.8. The van der Waals surface area contributed by atoms with Gasteiger partial charge in [0.15, 0.2) is 0 Å². The molecule has 0 unspecified atom stereocenters. The number of nitrogens with zero attached hydrogens (tertiary/aromatic N) is 1. The standard InChI is InChI=1S/C15H9ClFIN2O/c16-11-7-8(17)5-6-9(11)13-14(20-21-15(13)19)10-3-1-2-4-12(10)18/h1-7H,19H2. The maximum atomic E-state index is 13.2. The van der Waals surface area contributed by atoms with Crippen molar-refractivity contribution in [2.75, 3.05) is 5.73 Å². The molecule has 0 radical (unpaired) electrons. The second-order valence-electron chi connectivity index (χ2n) is 4.37. The lowest BCUT2D eigenvalue weighted by Crippen LogP contribution is -1.90. The van der Waals surface area contributed by atoms with E-state index < -0.39 is 5.82 Å². The van der Waals surface area contributed by atoms with Gasteiger partial charge < -0.3 is 10.3 Å². The molecule has 3 nitrogen and oxygen atoms in total. The monoisotopic (exact) mass is 414 g/mol. The molecule has 0 aliphatic rings. The first kappa shape index (κ1) is 14.3. The molecule has 106 valence electrons. The van der Waals surface area contributed by atoms with Gasteiger partial charge in [-0.15, -0.1) is 0 Å². The van der Waals surface area contributed by atoms with Gasteiger partial charge in [0, 0.05) is 14.7 Å². The summed E-state index contributed by atoms with van der Waals surface area (Å²) < 4.78 is 19.3. The predicted molar refractivity (Wildman–Crippen MR) is 89.5 cm³/mol. The highest BCUT2D eigenvalue weighted by atomic mass is 127. The van der Waals surface area contributed by atoms with Gasteiger partial charge in [-0.3, -0.25) is 0 Å². The number of halogens is 3. The number of anilines is 1. The largest absolute Gasteiger partial charge is 0.367 e. The van der Waals surface area contributed by atoms with Crippen LogP contribution in [-0.2, 0) is 0 Å². The number of hydrogen-bond donors (Lipinski definition) is 1. The van der Waals surface area contributed by atoms with Crippen molar-refractivity contribution in [1.82, 2.24) is 5.16 Å². The van der Waals surface area contributed by atoms with Crippen molar-refractivity contribution in [3.8, 4) is 22.4 Å². The third kappa shape index (κ3) is 2.63. The van der Waals surface area contributed by atoms with Crippen molar-refractivity contribution >= 4 is 40.1 Å². The second kappa shape index (κ2) is 5.65. The Morgan fingerprint density at radius 1 is 1.14 bits per heavy atom. The summed E-state index contributed by atoms with van der Waals surface area (Å²) in [6.07, 6.45) is 0. The van der Waals surface area contributed by atoms with E-state index in [1.807, 2.05) is 24.3 Å². The number of nitrogen functional groups attached to an aromatic ring is 1. The van der Waals surface area contributed by atoms with Gasteiger partial charge >= 0.3 is 0 Å². The highest BCUT2D eigenvalue weighted by molar-refractivity contribution is 14.1. The SMILES string of the molecule is Nc1onc(-c2ccccc2I)c1-c1ccc(F)cc1Cl. The average Bonchev–Trinajstić information content (AvgIpc) is 2.81. The van der Waals surface area contributed by atoms with Crippen LogP contribution in [0.25, 0.3) is 22.4 Å². The first-order valence-corrected chi connectivity index (χ1v) is 7.49. The summed E-state index contributed by atoms with van der Waals surface area (Å²) in [7, 11) is 0. The molecule has 3 rings (SSSR count). The van der Waals surface area contributed by atoms with Gasteiger partial charge in [-0.1, -0.05) is 35.0 Å². The maximum absolute atomic E-state index is 13.2. The van der Waals surface area contributed by atoms with Gasteiger partial charge in [-0.25, -0.2) is 4.39 Å². The van der Waals surface area contributed by atoms with Crippen LogP contribution in [0.5, 0.6) is 0 Å². The Morgan fingerprint density at radius 3 is 2.62 bits per heavy atom. The van der Waals surface area contributed by atoms with E-state index in [2.05, 4.69) is 27.7 Å². The quantitative estimate of drug-likeness (QED) is 0.601. The van der Waals surface area contributed by atoms with Crippen molar-refractivity contribution in [3.63, 3.8) is 0 Å². The van der Waals surface area contributed by atoms with Gasteiger partial charge in [-0.05, 0) is 46.9 Å². The van der Waals surface area contributed by atoms with E-state index in [9.17, 15) is 4.39 Å². The Bertz CT molecular complexity index is 819. The first-order chi connectivity index (χ1) is 10.1. The van der Waals surface area contributed by atoms with E-state index in [4.69, 9.17) is 21.9 Å². The summed E-state index contributed by atoms with van der Waals surface area (Å²) in [6.45, 7) is 0. The van der Waals surface area contributed by atoms with Crippen LogP contribution in [0.15, 0.2) is 47.0 Å². The minimum atomic E-state index is -0.408. The van der Waals surface area contributed by atoms with Crippen LogP contribution in [0, 0.1) is 9.39 Å². The minimum absolute atomic E-state index is 0.151. The molecule has 0 spiro atoms. The molecule has 1 heterocycles. The molecule has 1 aromatic heterocycles. The topological polar surface area (TPSA) is 52.0 Å². The molecule has 0 aliphatic heterocycles. The van der Waals surface area contributed by atoms with E-state index in [0.29, 0.717) is 16.8 Å². The van der Waals surface area contributed by atoms with Gasteiger partial charge in [0.2, 0.25) is 5.88 Å². The summed E-state index contributed by atoms with van der Waals surface area (Å²) >= 11 is 8.33. The lowest BCUT2D eigenvalue weighted by Gasteiger charge is -2.06. The van der Waals surface area contributed by atoms with Crippen molar-refractivity contribution in [2.24, 2.45) is 0 Å². The van der Waals surface area contributed by atoms with E-state index in [0.717, 1.165) is 9.13 Å². The third-order valence-corrected chi connectivity index (χ3v) is 4.30. The number of nitrogens with two attached hydrogens (primary N) is 1. The zero-order valence-electron chi connectivity index (χ0n) is 10.6. The smallest absolute Gasteiger partial charge is 0.230 e. The van der Waals surface area contributed by atoms with Gasteiger partial charge in [0.1, 0.15) is 11.5 Å². The van der Waals surface area contributed by atoms with Crippen LogP contribution in [0.4, 0.5) is 10.3 Å². The molecule has 6 heteroatoms. The Labute approximate surface area is 139 Å². The lowest BCUT2D eigenvalue weighted by atomic mass is 10.0. The molecule has 0 saturated heterocycles. The van der Waals surface area contributed by atoms with Crippen LogP contribution >= 0.6 is 34.2 Å². The van der Waals surface area contributed by atoms with Crippen molar-refractivity contribution < 1.29 is 8.91 Å². The Balaban J connectivity index is 2.25. The Kier molecular flexibility index (Phi) is 3.86. The van der Waals surface area contributed by atoms with Crippen LogP contribution in [0.1, 0.15) is 0 Å². The molecule has 0 fully saturated rings. The fourth-order valence-electron chi connectivity index (χ4n) is 2.09. The van der Waals surface area contributed by atoms with Crippen LogP contribution < -0.4 is 5.73 Å². The molecule has 0 saturated carbocycles. The molecule has 0 bridgehead atoms. The molecule has 2 N–H and O–H groups in total. The lowest BCUT2D eigenvalue weighted by molar-refractivity contribution is 0.439. The van der Waals surface area contributed by atoms with Crippen LogP contribution in [-0.4, -0.2) is 5.16 Å². The molecule has 0 amide bonds. The molecule has 21 heavy (non-hydrogen) atoms. The zero-order valence-corrected chi connectivity index (χ0v) is 13.5. The van der Waals surface area contributed by atoms with Crippen LogP contribution in [0.2, 0.25) is 5.02 Å². The van der Waals surface area contributed by atoms with Crippen molar-refractivity contribution in [2.45, 2.75) is 0 Å². The summed E-state index contributed by atoms with van der Waals surface area (Å²) in [6, 6.07) is 11.8. The molecule has 3 aromatic rings. The van der Waals surface area contributed by atoms with Gasteiger partial charge in [0.25, 0.3) is 0 Å². The molecule has 2 aromatic carbocycles. The summed E-state index contributed by atoms with van der Waals surface area (Å²) in [5, 5.41) is 4.29. The molecule has 0 aliphatic carbocycles. The van der Waals surface area contributed by atoms with Crippen molar-refractivity contribution in [3.05, 3.63) is 56.9 Å². The Hall–Kier alpha value is -1.60. The van der Waals surface area contributed by atoms with Crippen molar-refractivity contribution in [1.29, 1.82) is 0 Å². The fraction of sp³-hybridized carbons (Fsp3) is 0. The number of hydrogen-bond acceptors (Lipinski definition) is 3. The molecular weight excluding hydrogens is 406 g/mol. The van der Waals surface area contributed by atoms with Gasteiger partial charge in [0.05, 0.1) is 10.6 Å². The van der Waals surface area contributed by atoms with Crippen LogP contribution in [0.3, 0.4) is 0 Å².